The van der Waals surface area contributed by atoms with Crippen LogP contribution in [0.1, 0.15) is 59.7 Å². The zero-order valence-corrected chi connectivity index (χ0v) is 21.2. The zero-order valence-electron chi connectivity index (χ0n) is 20.4. The third-order valence-corrected chi connectivity index (χ3v) is 6.98. The summed E-state index contributed by atoms with van der Waals surface area (Å²) in [7, 11) is 0. The van der Waals surface area contributed by atoms with Gasteiger partial charge in [0.05, 0.1) is 18.5 Å². The summed E-state index contributed by atoms with van der Waals surface area (Å²) in [6.45, 7) is 7.66. The first kappa shape index (κ1) is 26.1. The van der Waals surface area contributed by atoms with Crippen molar-refractivity contribution in [2.75, 3.05) is 6.61 Å². The number of fused-ring (bicyclic) bond motifs is 1. The number of hydrogen-bond acceptors (Lipinski definition) is 8. The van der Waals surface area contributed by atoms with Crippen LogP contribution in [-0.4, -0.2) is 39.1 Å². The molecule has 0 aliphatic heterocycles. The maximum Gasteiger partial charge on any atom is 0.348 e. The molecule has 0 aliphatic rings. The van der Waals surface area contributed by atoms with Gasteiger partial charge in [-0.25, -0.2) is 14.2 Å². The summed E-state index contributed by atoms with van der Waals surface area (Å²) < 4.78 is 12.4. The highest BCUT2D eigenvalue weighted by atomic mass is 32.1. The standard InChI is InChI=1S/C25H28N2O7S/c1-6-25(4,5)34-18(29)14-26-21(30)19-15(3)20(23(31)33-7-2)35-22(19)27(24(26)32)13-17(28)16-11-9-8-10-12-16/h8-12H,6-7,13-14H2,1-5H3. The first-order valence-corrected chi connectivity index (χ1v) is 12.1. The van der Waals surface area contributed by atoms with E-state index in [1.807, 2.05) is 6.92 Å². The van der Waals surface area contributed by atoms with E-state index < -0.39 is 35.3 Å². The van der Waals surface area contributed by atoms with Crippen LogP contribution in [-0.2, 0) is 27.4 Å². The lowest BCUT2D eigenvalue weighted by atomic mass is 10.1. The minimum atomic E-state index is -0.838. The van der Waals surface area contributed by atoms with Crippen molar-refractivity contribution in [2.24, 2.45) is 0 Å². The second-order valence-electron chi connectivity index (χ2n) is 8.59. The predicted octanol–water partition coefficient (Wildman–Crippen LogP) is 3.32. The highest BCUT2D eigenvalue weighted by Gasteiger charge is 2.27. The molecule has 1 aromatic carbocycles. The average molecular weight is 501 g/mol. The van der Waals surface area contributed by atoms with E-state index in [9.17, 15) is 24.0 Å². The largest absolute Gasteiger partial charge is 0.462 e. The molecular formula is C25H28N2O7S. The fourth-order valence-electron chi connectivity index (χ4n) is 3.47. The van der Waals surface area contributed by atoms with E-state index in [1.165, 1.54) is 0 Å². The normalized spacial score (nSPS) is 11.5. The van der Waals surface area contributed by atoms with Crippen molar-refractivity contribution in [3.05, 3.63) is 67.2 Å². The number of carbonyl (C=O) groups excluding carboxylic acids is 3. The summed E-state index contributed by atoms with van der Waals surface area (Å²) in [4.78, 5) is 65.1. The van der Waals surface area contributed by atoms with Gasteiger partial charge in [0.1, 0.15) is 21.9 Å². The molecule has 0 bridgehead atoms. The number of carbonyl (C=O) groups is 3. The van der Waals surface area contributed by atoms with Crippen molar-refractivity contribution in [3.63, 3.8) is 0 Å². The predicted molar refractivity (Wildman–Crippen MR) is 132 cm³/mol. The quantitative estimate of drug-likeness (QED) is 0.327. The molecule has 0 unspecified atom stereocenters. The summed E-state index contributed by atoms with van der Waals surface area (Å²) in [5.74, 6) is -1.75. The van der Waals surface area contributed by atoms with E-state index in [2.05, 4.69) is 0 Å². The van der Waals surface area contributed by atoms with Gasteiger partial charge in [0.2, 0.25) is 0 Å². The van der Waals surface area contributed by atoms with Crippen molar-refractivity contribution < 1.29 is 23.9 Å². The van der Waals surface area contributed by atoms with Gasteiger partial charge in [-0.2, -0.15) is 0 Å². The third-order valence-electron chi connectivity index (χ3n) is 5.68. The Morgan fingerprint density at radius 3 is 2.26 bits per heavy atom. The minimum Gasteiger partial charge on any atom is -0.462 e. The number of ether oxygens (including phenoxy) is 2. The molecule has 0 saturated carbocycles. The van der Waals surface area contributed by atoms with E-state index in [4.69, 9.17) is 9.47 Å². The van der Waals surface area contributed by atoms with Crippen molar-refractivity contribution in [3.8, 4) is 0 Å². The first-order valence-electron chi connectivity index (χ1n) is 11.2. The van der Waals surface area contributed by atoms with Gasteiger partial charge in [-0.1, -0.05) is 37.3 Å². The minimum absolute atomic E-state index is 0.0843. The Labute approximate surface area is 205 Å². The number of nitrogens with zero attached hydrogens (tertiary/aromatic N) is 2. The molecule has 2 aromatic heterocycles. The Balaban J connectivity index is 2.20. The Bertz CT molecular complexity index is 1400. The molecule has 3 rings (SSSR count). The molecule has 35 heavy (non-hydrogen) atoms. The lowest BCUT2D eigenvalue weighted by Crippen LogP contribution is -2.43. The Morgan fingerprint density at radius 2 is 1.66 bits per heavy atom. The topological polar surface area (TPSA) is 114 Å². The number of rotatable bonds is 9. The summed E-state index contributed by atoms with van der Waals surface area (Å²) in [5.41, 5.74) is -1.64. The number of aromatic nitrogens is 2. The van der Waals surface area contributed by atoms with Gasteiger partial charge < -0.3 is 9.47 Å². The van der Waals surface area contributed by atoms with Crippen LogP contribution >= 0.6 is 11.3 Å². The van der Waals surface area contributed by atoms with E-state index in [1.54, 1.807) is 58.0 Å². The lowest BCUT2D eigenvalue weighted by molar-refractivity contribution is -0.157. The highest BCUT2D eigenvalue weighted by Crippen LogP contribution is 2.29. The third kappa shape index (κ3) is 5.43. The molecule has 0 spiro atoms. The number of ketones is 1. The number of aryl methyl sites for hydroxylation is 1. The molecule has 2 heterocycles. The lowest BCUT2D eigenvalue weighted by Gasteiger charge is -2.23. The summed E-state index contributed by atoms with van der Waals surface area (Å²) >= 11 is 0.912. The monoisotopic (exact) mass is 500 g/mol. The molecule has 3 aromatic rings. The second kappa shape index (κ2) is 10.4. The number of thiophene rings is 1. The number of Topliss-reactive ketones (excluding diaryl/α,β-unsaturated/α-hetero) is 1. The van der Waals surface area contributed by atoms with Gasteiger partial charge in [0, 0.05) is 5.56 Å². The maximum atomic E-state index is 13.4. The van der Waals surface area contributed by atoms with E-state index in [0.29, 0.717) is 17.5 Å². The van der Waals surface area contributed by atoms with Crippen LogP contribution in [0.25, 0.3) is 10.2 Å². The van der Waals surface area contributed by atoms with Crippen LogP contribution in [0.3, 0.4) is 0 Å². The van der Waals surface area contributed by atoms with Gasteiger partial charge in [0.25, 0.3) is 5.56 Å². The molecule has 0 atom stereocenters. The van der Waals surface area contributed by atoms with Gasteiger partial charge in [-0.15, -0.1) is 11.3 Å². The van der Waals surface area contributed by atoms with E-state index >= 15 is 0 Å². The molecule has 0 saturated heterocycles. The molecule has 0 aliphatic carbocycles. The molecule has 9 nitrogen and oxygen atoms in total. The number of hydrogen-bond donors (Lipinski definition) is 0. The first-order chi connectivity index (χ1) is 16.5. The Kier molecular flexibility index (Phi) is 7.74. The Morgan fingerprint density at radius 1 is 1.00 bits per heavy atom. The van der Waals surface area contributed by atoms with Gasteiger partial charge >= 0.3 is 17.6 Å². The summed E-state index contributed by atoms with van der Waals surface area (Å²) in [6, 6.07) is 8.40. The molecule has 10 heteroatoms. The average Bonchev–Trinajstić information content (AvgIpc) is 3.17. The van der Waals surface area contributed by atoms with E-state index in [-0.39, 0.29) is 34.0 Å². The number of esters is 2. The summed E-state index contributed by atoms with van der Waals surface area (Å²) in [5, 5.41) is 0.0843. The van der Waals surface area contributed by atoms with Crippen molar-refractivity contribution in [2.45, 2.75) is 59.7 Å². The fraction of sp³-hybridized carbons (Fsp3) is 0.400. The van der Waals surface area contributed by atoms with Crippen LogP contribution in [0, 0.1) is 6.92 Å². The summed E-state index contributed by atoms with van der Waals surface area (Å²) in [6.07, 6.45) is 0.537. The van der Waals surface area contributed by atoms with Crippen LogP contribution in [0.2, 0.25) is 0 Å². The number of benzene rings is 1. The van der Waals surface area contributed by atoms with Crippen molar-refractivity contribution in [1.29, 1.82) is 0 Å². The molecule has 0 N–H and O–H groups in total. The van der Waals surface area contributed by atoms with Gasteiger partial charge in [-0.05, 0) is 39.7 Å². The smallest absolute Gasteiger partial charge is 0.348 e. The molecule has 0 fully saturated rings. The fourth-order valence-corrected chi connectivity index (χ4v) is 4.65. The zero-order chi connectivity index (χ0) is 25.9. The highest BCUT2D eigenvalue weighted by molar-refractivity contribution is 7.20. The molecular weight excluding hydrogens is 472 g/mol. The van der Waals surface area contributed by atoms with Crippen LogP contribution in [0.5, 0.6) is 0 Å². The van der Waals surface area contributed by atoms with Gasteiger partial charge in [-0.3, -0.25) is 19.0 Å². The van der Waals surface area contributed by atoms with Crippen LogP contribution < -0.4 is 11.2 Å². The maximum absolute atomic E-state index is 13.4. The second-order valence-corrected chi connectivity index (χ2v) is 9.59. The Hall–Kier alpha value is -3.53. The van der Waals surface area contributed by atoms with Crippen LogP contribution in [0.4, 0.5) is 0 Å². The van der Waals surface area contributed by atoms with Gasteiger partial charge in [0.15, 0.2) is 5.78 Å². The van der Waals surface area contributed by atoms with E-state index in [0.717, 1.165) is 20.5 Å². The molecule has 186 valence electrons. The van der Waals surface area contributed by atoms with Crippen molar-refractivity contribution >= 4 is 39.3 Å². The SMILES string of the molecule is CCOC(=O)c1sc2c(c1C)c(=O)n(CC(=O)OC(C)(C)CC)c(=O)n2CC(=O)c1ccccc1. The molecule has 0 amide bonds. The molecule has 0 radical (unpaired) electrons. The van der Waals surface area contributed by atoms with Crippen LogP contribution in [0.15, 0.2) is 39.9 Å². The van der Waals surface area contributed by atoms with Crippen molar-refractivity contribution in [1.82, 2.24) is 9.13 Å².